The lowest BCUT2D eigenvalue weighted by molar-refractivity contribution is -0.155. The molecule has 2 rings (SSSR count). The van der Waals surface area contributed by atoms with Gasteiger partial charge in [0.15, 0.2) is 6.10 Å². The van der Waals surface area contributed by atoms with Gasteiger partial charge in [0.25, 0.3) is 5.91 Å². The van der Waals surface area contributed by atoms with Gasteiger partial charge in [-0.25, -0.2) is 4.79 Å². The Balaban J connectivity index is 1.82. The first-order chi connectivity index (χ1) is 9.52. The summed E-state index contributed by atoms with van der Waals surface area (Å²) in [6, 6.07) is 0.548. The second-order valence-electron chi connectivity index (χ2n) is 5.65. The number of hydrogen-bond acceptors (Lipinski definition) is 4. The van der Waals surface area contributed by atoms with Crippen LogP contribution in [-0.4, -0.2) is 71.2 Å². The second-order valence-corrected chi connectivity index (χ2v) is 5.65. The van der Waals surface area contributed by atoms with Crippen LogP contribution in [0.25, 0.3) is 0 Å². The third kappa shape index (κ3) is 3.30. The van der Waals surface area contributed by atoms with Crippen molar-refractivity contribution < 1.29 is 19.4 Å². The molecule has 1 N–H and O–H groups in total. The molecule has 2 aliphatic heterocycles. The van der Waals surface area contributed by atoms with Crippen molar-refractivity contribution in [1.29, 1.82) is 0 Å². The number of rotatable bonds is 4. The minimum absolute atomic E-state index is 0.0439. The lowest BCUT2D eigenvalue weighted by atomic mass is 10.1. The Morgan fingerprint density at radius 2 is 1.80 bits per heavy atom. The van der Waals surface area contributed by atoms with Crippen molar-refractivity contribution in [3.8, 4) is 0 Å². The Hall–Kier alpha value is -1.14. The Kier molecular flexibility index (Phi) is 4.99. The summed E-state index contributed by atoms with van der Waals surface area (Å²) in [6.07, 6.45) is 0.677. The van der Waals surface area contributed by atoms with E-state index < -0.39 is 18.2 Å². The zero-order chi connectivity index (χ0) is 14.7. The maximum absolute atomic E-state index is 12.3. The van der Waals surface area contributed by atoms with Crippen LogP contribution in [0.4, 0.5) is 0 Å². The monoisotopic (exact) mass is 284 g/mol. The first-order valence-corrected chi connectivity index (χ1v) is 7.44. The molecule has 0 aromatic carbocycles. The quantitative estimate of drug-likeness (QED) is 0.817. The van der Waals surface area contributed by atoms with Crippen LogP contribution >= 0.6 is 0 Å². The Bertz CT molecular complexity index is 366. The fraction of sp³-hybridized carbons (Fsp3) is 0.857. The number of aliphatic carboxylic acids is 1. The van der Waals surface area contributed by atoms with E-state index in [1.807, 2.05) is 4.90 Å². The summed E-state index contributed by atoms with van der Waals surface area (Å²) in [6.45, 7) is 7.56. The number of carbonyl (C=O) groups excluding carboxylic acids is 1. The van der Waals surface area contributed by atoms with Crippen molar-refractivity contribution in [1.82, 2.24) is 9.80 Å². The smallest absolute Gasteiger partial charge is 0.332 e. The second kappa shape index (κ2) is 6.54. The van der Waals surface area contributed by atoms with Crippen LogP contribution in [0.1, 0.15) is 33.1 Å². The van der Waals surface area contributed by atoms with E-state index >= 15 is 0 Å². The molecule has 3 atom stereocenters. The molecular formula is C14H24N2O4. The van der Waals surface area contributed by atoms with Crippen LogP contribution in [0.15, 0.2) is 0 Å². The maximum atomic E-state index is 12.3. The molecule has 0 radical (unpaired) electrons. The molecule has 6 nitrogen and oxygen atoms in total. The Labute approximate surface area is 119 Å². The first kappa shape index (κ1) is 15.3. The van der Waals surface area contributed by atoms with Gasteiger partial charge in [0.2, 0.25) is 0 Å². The number of carbonyl (C=O) groups is 2. The van der Waals surface area contributed by atoms with Gasteiger partial charge in [-0.3, -0.25) is 9.69 Å². The average Bonchev–Trinajstić information content (AvgIpc) is 2.96. The van der Waals surface area contributed by atoms with Crippen LogP contribution in [0.2, 0.25) is 0 Å². The molecule has 0 aromatic heterocycles. The molecule has 2 heterocycles. The van der Waals surface area contributed by atoms with E-state index in [0.29, 0.717) is 32.0 Å². The van der Waals surface area contributed by atoms with Crippen molar-refractivity contribution in [3.63, 3.8) is 0 Å². The van der Waals surface area contributed by atoms with Gasteiger partial charge in [-0.15, -0.1) is 0 Å². The van der Waals surface area contributed by atoms with Crippen LogP contribution in [0.3, 0.4) is 0 Å². The van der Waals surface area contributed by atoms with E-state index in [-0.39, 0.29) is 5.91 Å². The number of hydrogen-bond donors (Lipinski definition) is 1. The maximum Gasteiger partial charge on any atom is 0.332 e. The molecule has 0 saturated carbocycles. The van der Waals surface area contributed by atoms with Gasteiger partial charge in [0.1, 0.15) is 6.10 Å². The summed E-state index contributed by atoms with van der Waals surface area (Å²) in [7, 11) is 0. The van der Waals surface area contributed by atoms with Gasteiger partial charge < -0.3 is 14.7 Å². The highest BCUT2D eigenvalue weighted by Gasteiger charge is 2.37. The molecular weight excluding hydrogens is 260 g/mol. The third-order valence-electron chi connectivity index (χ3n) is 4.41. The molecule has 2 aliphatic rings. The number of ether oxygens (including phenoxy) is 1. The molecule has 0 bridgehead atoms. The highest BCUT2D eigenvalue weighted by Crippen LogP contribution is 2.22. The number of nitrogens with zero attached hydrogens (tertiary/aromatic N) is 2. The highest BCUT2D eigenvalue weighted by molar-refractivity contribution is 5.82. The summed E-state index contributed by atoms with van der Waals surface area (Å²) >= 11 is 0. The summed E-state index contributed by atoms with van der Waals surface area (Å²) in [5.74, 6) is -1.01. The summed E-state index contributed by atoms with van der Waals surface area (Å²) < 4.78 is 5.33. The van der Waals surface area contributed by atoms with Crippen molar-refractivity contribution in [2.45, 2.75) is 51.4 Å². The molecule has 6 heteroatoms. The van der Waals surface area contributed by atoms with E-state index in [9.17, 15) is 9.59 Å². The van der Waals surface area contributed by atoms with Crippen LogP contribution in [0.5, 0.6) is 0 Å². The van der Waals surface area contributed by atoms with Gasteiger partial charge in [0.05, 0.1) is 0 Å². The van der Waals surface area contributed by atoms with Gasteiger partial charge in [-0.2, -0.15) is 0 Å². The fourth-order valence-corrected chi connectivity index (χ4v) is 2.85. The lowest BCUT2D eigenvalue weighted by Crippen LogP contribution is -2.53. The standard InChI is InChI=1S/C14H24N2O4/c1-3-10(2)15-6-8-16(9-7-15)13(17)11-4-5-12(20-11)14(18)19/h10-12H,3-9H2,1-2H3,(H,18,19)/t10?,11-,12+/m0/s1. The zero-order valence-electron chi connectivity index (χ0n) is 12.2. The van der Waals surface area contributed by atoms with Crippen molar-refractivity contribution in [2.75, 3.05) is 26.2 Å². The minimum Gasteiger partial charge on any atom is -0.479 e. The average molecular weight is 284 g/mol. The minimum atomic E-state index is -0.970. The largest absolute Gasteiger partial charge is 0.479 e. The lowest BCUT2D eigenvalue weighted by Gasteiger charge is -2.38. The molecule has 20 heavy (non-hydrogen) atoms. The molecule has 2 saturated heterocycles. The van der Waals surface area contributed by atoms with Crippen LogP contribution < -0.4 is 0 Å². The van der Waals surface area contributed by atoms with Crippen molar-refractivity contribution in [2.24, 2.45) is 0 Å². The summed E-state index contributed by atoms with van der Waals surface area (Å²) in [4.78, 5) is 27.3. The third-order valence-corrected chi connectivity index (χ3v) is 4.41. The normalized spacial score (nSPS) is 29.4. The SMILES string of the molecule is CCC(C)N1CCN(C(=O)[C@@H]2CC[C@H](C(=O)O)O2)CC1. The van der Waals surface area contributed by atoms with E-state index in [1.165, 1.54) is 0 Å². The Morgan fingerprint density at radius 3 is 2.30 bits per heavy atom. The van der Waals surface area contributed by atoms with Crippen LogP contribution in [-0.2, 0) is 14.3 Å². The number of amides is 1. The topological polar surface area (TPSA) is 70.1 Å². The van der Waals surface area contributed by atoms with E-state index in [2.05, 4.69) is 18.7 Å². The molecule has 1 unspecified atom stereocenters. The number of piperazine rings is 1. The van der Waals surface area contributed by atoms with Crippen molar-refractivity contribution in [3.05, 3.63) is 0 Å². The van der Waals surface area contributed by atoms with E-state index in [4.69, 9.17) is 9.84 Å². The molecule has 1 amide bonds. The fourth-order valence-electron chi connectivity index (χ4n) is 2.85. The summed E-state index contributed by atoms with van der Waals surface area (Å²) in [5.41, 5.74) is 0. The predicted molar refractivity (Wildman–Crippen MR) is 73.4 cm³/mol. The molecule has 0 spiro atoms. The van der Waals surface area contributed by atoms with Gasteiger partial charge in [0, 0.05) is 32.2 Å². The summed E-state index contributed by atoms with van der Waals surface area (Å²) in [5, 5.41) is 8.89. The number of carboxylic acids is 1. The molecule has 114 valence electrons. The highest BCUT2D eigenvalue weighted by atomic mass is 16.5. The molecule has 0 aromatic rings. The van der Waals surface area contributed by atoms with E-state index in [0.717, 1.165) is 19.5 Å². The Morgan fingerprint density at radius 1 is 1.20 bits per heavy atom. The first-order valence-electron chi connectivity index (χ1n) is 7.44. The van der Waals surface area contributed by atoms with Gasteiger partial charge >= 0.3 is 5.97 Å². The number of carboxylic acid groups (broad SMARTS) is 1. The zero-order valence-corrected chi connectivity index (χ0v) is 12.2. The van der Waals surface area contributed by atoms with Gasteiger partial charge in [-0.1, -0.05) is 6.92 Å². The van der Waals surface area contributed by atoms with Gasteiger partial charge in [-0.05, 0) is 26.2 Å². The predicted octanol–water partition coefficient (Wildman–Crippen LogP) is 0.561. The van der Waals surface area contributed by atoms with Crippen molar-refractivity contribution >= 4 is 11.9 Å². The van der Waals surface area contributed by atoms with E-state index in [1.54, 1.807) is 0 Å². The van der Waals surface area contributed by atoms with Crippen LogP contribution in [0, 0.1) is 0 Å². The molecule has 2 fully saturated rings. The molecule has 0 aliphatic carbocycles.